The van der Waals surface area contributed by atoms with Crippen molar-refractivity contribution in [1.29, 1.82) is 0 Å². The predicted octanol–water partition coefficient (Wildman–Crippen LogP) is 2.69. The number of ether oxygens (including phenoxy) is 3. The number of amides is 1. The quantitative estimate of drug-likeness (QED) is 0.621. The van der Waals surface area contributed by atoms with E-state index in [1.807, 2.05) is 31.2 Å². The van der Waals surface area contributed by atoms with Crippen molar-refractivity contribution in [3.63, 3.8) is 0 Å². The first-order chi connectivity index (χ1) is 12.5. The molecule has 26 heavy (non-hydrogen) atoms. The van der Waals surface area contributed by atoms with Gasteiger partial charge in [0.25, 0.3) is 5.91 Å². The van der Waals surface area contributed by atoms with Gasteiger partial charge in [-0.15, -0.1) is 0 Å². The van der Waals surface area contributed by atoms with Gasteiger partial charge >= 0.3 is 0 Å². The molecule has 0 aliphatic heterocycles. The van der Waals surface area contributed by atoms with Crippen molar-refractivity contribution in [2.24, 2.45) is 5.73 Å². The lowest BCUT2D eigenvalue weighted by atomic mass is 10.2. The molecule has 0 heterocycles. The van der Waals surface area contributed by atoms with Crippen molar-refractivity contribution < 1.29 is 19.0 Å². The minimum atomic E-state index is -0.581. The van der Waals surface area contributed by atoms with Crippen LogP contribution in [-0.2, 0) is 11.3 Å². The normalized spacial score (nSPS) is 10.4. The van der Waals surface area contributed by atoms with Gasteiger partial charge in [-0.05, 0) is 36.2 Å². The number of hydrogen-bond donors (Lipinski definition) is 2. The lowest BCUT2D eigenvalue weighted by Crippen LogP contribution is -2.21. The van der Waals surface area contributed by atoms with Crippen LogP contribution in [0.3, 0.4) is 0 Å². The number of nitrogens with one attached hydrogen (secondary N) is 1. The summed E-state index contributed by atoms with van der Waals surface area (Å²) in [6, 6.07) is 11.5. The summed E-state index contributed by atoms with van der Waals surface area (Å²) in [6.45, 7) is 3.57. The van der Waals surface area contributed by atoms with Crippen molar-refractivity contribution >= 4 is 17.5 Å². The molecule has 2 aromatic carbocycles. The molecule has 0 radical (unpaired) electrons. The molecule has 0 aliphatic carbocycles. The zero-order valence-electron chi connectivity index (χ0n) is 14.9. The molecule has 0 aromatic heterocycles. The summed E-state index contributed by atoms with van der Waals surface area (Å²) in [5.74, 6) is 1.06. The van der Waals surface area contributed by atoms with Crippen LogP contribution in [0, 0.1) is 6.92 Å². The van der Waals surface area contributed by atoms with E-state index in [1.165, 1.54) is 7.11 Å². The Kier molecular flexibility index (Phi) is 7.56. The van der Waals surface area contributed by atoms with Crippen molar-refractivity contribution in [1.82, 2.24) is 5.32 Å². The molecule has 0 unspecified atom stereocenters. The number of hydrogen-bond acceptors (Lipinski definition) is 5. The fourth-order valence-electron chi connectivity index (χ4n) is 2.34. The van der Waals surface area contributed by atoms with Gasteiger partial charge in [0.2, 0.25) is 0 Å². The number of carbonyl (C=O) groups excluding carboxylic acids is 1. The summed E-state index contributed by atoms with van der Waals surface area (Å²) in [4.78, 5) is 10.9. The molecule has 2 aromatic rings. The average Bonchev–Trinajstić information content (AvgIpc) is 2.61. The molecule has 0 bridgehead atoms. The number of methoxy groups -OCH3 is 1. The molecule has 3 N–H and O–H groups in total. The van der Waals surface area contributed by atoms with Crippen LogP contribution in [0.25, 0.3) is 0 Å². The molecule has 7 heteroatoms. The van der Waals surface area contributed by atoms with Crippen molar-refractivity contribution in [2.45, 2.75) is 13.5 Å². The van der Waals surface area contributed by atoms with Crippen molar-refractivity contribution in [3.05, 3.63) is 52.5 Å². The number of halogens is 1. The molecule has 140 valence electrons. The standard InChI is InChI=1S/C19H23ClN2O4/c1-13-5-3-4-6-16(13)25-8-7-22-11-14-9-15(20)19(17(10-14)24-2)26-12-18(21)23/h3-6,9-10,22H,7-8,11-12H2,1-2H3,(H2,21,23). The second-order valence-electron chi connectivity index (χ2n) is 5.65. The summed E-state index contributed by atoms with van der Waals surface area (Å²) in [7, 11) is 1.51. The lowest BCUT2D eigenvalue weighted by molar-refractivity contribution is -0.119. The minimum Gasteiger partial charge on any atom is -0.493 e. The van der Waals surface area contributed by atoms with Crippen molar-refractivity contribution in [2.75, 3.05) is 26.9 Å². The topological polar surface area (TPSA) is 82.8 Å². The lowest BCUT2D eigenvalue weighted by Gasteiger charge is -2.14. The van der Waals surface area contributed by atoms with Crippen LogP contribution in [0.4, 0.5) is 0 Å². The van der Waals surface area contributed by atoms with E-state index in [0.29, 0.717) is 36.2 Å². The van der Waals surface area contributed by atoms with Gasteiger partial charge in [-0.1, -0.05) is 29.8 Å². The first-order valence-corrected chi connectivity index (χ1v) is 8.55. The van der Waals surface area contributed by atoms with Gasteiger partial charge in [-0.2, -0.15) is 0 Å². The molecule has 0 aliphatic rings. The number of benzene rings is 2. The highest BCUT2D eigenvalue weighted by Gasteiger charge is 2.13. The van der Waals surface area contributed by atoms with E-state index in [0.717, 1.165) is 16.9 Å². The SMILES string of the molecule is COc1cc(CNCCOc2ccccc2C)cc(Cl)c1OCC(N)=O. The van der Waals surface area contributed by atoms with E-state index < -0.39 is 5.91 Å². The zero-order valence-corrected chi connectivity index (χ0v) is 15.6. The Bertz CT molecular complexity index is 752. The van der Waals surface area contributed by atoms with Crippen LogP contribution in [-0.4, -0.2) is 32.8 Å². The summed E-state index contributed by atoms with van der Waals surface area (Å²) in [6.07, 6.45) is 0. The molecule has 1 amide bonds. The van der Waals surface area contributed by atoms with Crippen LogP contribution in [0.5, 0.6) is 17.2 Å². The second-order valence-corrected chi connectivity index (χ2v) is 6.06. The Balaban J connectivity index is 1.86. The average molecular weight is 379 g/mol. The molecular weight excluding hydrogens is 356 g/mol. The number of nitrogens with two attached hydrogens (primary N) is 1. The molecule has 0 fully saturated rings. The molecule has 6 nitrogen and oxygen atoms in total. The van der Waals surface area contributed by atoms with Gasteiger partial charge in [-0.3, -0.25) is 4.79 Å². The fraction of sp³-hybridized carbons (Fsp3) is 0.316. The number of primary amides is 1. The Morgan fingerprint density at radius 1 is 1.19 bits per heavy atom. The minimum absolute atomic E-state index is 0.260. The van der Waals surface area contributed by atoms with Gasteiger partial charge in [0.1, 0.15) is 12.4 Å². The maximum atomic E-state index is 10.9. The second kappa shape index (κ2) is 9.89. The fourth-order valence-corrected chi connectivity index (χ4v) is 2.63. The smallest absolute Gasteiger partial charge is 0.255 e. The summed E-state index contributed by atoms with van der Waals surface area (Å²) >= 11 is 6.22. The van der Waals surface area contributed by atoms with E-state index in [9.17, 15) is 4.79 Å². The van der Waals surface area contributed by atoms with Gasteiger partial charge in [0, 0.05) is 13.1 Å². The number of carbonyl (C=O) groups is 1. The highest BCUT2D eigenvalue weighted by atomic mass is 35.5. The molecule has 0 saturated heterocycles. The highest BCUT2D eigenvalue weighted by molar-refractivity contribution is 6.32. The molecule has 0 saturated carbocycles. The summed E-state index contributed by atoms with van der Waals surface area (Å²) in [5, 5.41) is 3.65. The van der Waals surface area contributed by atoms with Crippen LogP contribution in [0.15, 0.2) is 36.4 Å². The third kappa shape index (κ3) is 5.82. The Morgan fingerprint density at radius 3 is 2.65 bits per heavy atom. The largest absolute Gasteiger partial charge is 0.493 e. The molecule has 2 rings (SSSR count). The van der Waals surface area contributed by atoms with Crippen LogP contribution >= 0.6 is 11.6 Å². The van der Waals surface area contributed by atoms with Crippen molar-refractivity contribution in [3.8, 4) is 17.2 Å². The van der Waals surface area contributed by atoms with E-state index in [4.69, 9.17) is 31.5 Å². The molecule has 0 spiro atoms. The summed E-state index contributed by atoms with van der Waals surface area (Å²) < 4.78 is 16.3. The van der Waals surface area contributed by atoms with Crippen LogP contribution < -0.4 is 25.3 Å². The van der Waals surface area contributed by atoms with Gasteiger partial charge in [0.15, 0.2) is 18.1 Å². The van der Waals surface area contributed by atoms with E-state index >= 15 is 0 Å². The highest BCUT2D eigenvalue weighted by Crippen LogP contribution is 2.36. The van der Waals surface area contributed by atoms with E-state index in [2.05, 4.69) is 5.32 Å². The van der Waals surface area contributed by atoms with E-state index in [1.54, 1.807) is 12.1 Å². The first kappa shape index (κ1) is 19.9. The number of aryl methyl sites for hydroxylation is 1. The van der Waals surface area contributed by atoms with Gasteiger partial charge in [-0.25, -0.2) is 0 Å². The summed E-state index contributed by atoms with van der Waals surface area (Å²) in [5.41, 5.74) is 7.12. The third-order valence-electron chi connectivity index (χ3n) is 3.61. The predicted molar refractivity (Wildman–Crippen MR) is 101 cm³/mol. The Hall–Kier alpha value is -2.44. The number of para-hydroxylation sites is 1. The first-order valence-electron chi connectivity index (χ1n) is 8.18. The number of rotatable bonds is 10. The van der Waals surface area contributed by atoms with E-state index in [-0.39, 0.29) is 6.61 Å². The third-order valence-corrected chi connectivity index (χ3v) is 3.89. The molecule has 0 atom stereocenters. The van der Waals surface area contributed by atoms with Gasteiger partial charge < -0.3 is 25.3 Å². The van der Waals surface area contributed by atoms with Crippen LogP contribution in [0.2, 0.25) is 5.02 Å². The monoisotopic (exact) mass is 378 g/mol. The maximum Gasteiger partial charge on any atom is 0.255 e. The Labute approximate surface area is 158 Å². The van der Waals surface area contributed by atoms with Crippen LogP contribution in [0.1, 0.15) is 11.1 Å². The maximum absolute atomic E-state index is 10.9. The Morgan fingerprint density at radius 2 is 1.96 bits per heavy atom. The molecular formula is C19H23ClN2O4. The van der Waals surface area contributed by atoms with Gasteiger partial charge in [0.05, 0.1) is 12.1 Å². The zero-order chi connectivity index (χ0) is 18.9.